The number of anilines is 1. The fourth-order valence-electron chi connectivity index (χ4n) is 2.90. The van der Waals surface area contributed by atoms with Gasteiger partial charge < -0.3 is 10.1 Å². The molecule has 3 heterocycles. The minimum atomic E-state index is 0.0444. The maximum atomic E-state index is 12.2. The molecule has 0 atom stereocenters. The lowest BCUT2D eigenvalue weighted by Crippen LogP contribution is -2.28. The normalized spacial score (nSPS) is 15.5. The summed E-state index contributed by atoms with van der Waals surface area (Å²) in [6, 6.07) is 9.60. The number of ether oxygens (including phenoxy) is 1. The van der Waals surface area contributed by atoms with Crippen molar-refractivity contribution in [1.82, 2.24) is 14.4 Å². The minimum Gasteiger partial charge on any atom is -0.381 e. The summed E-state index contributed by atoms with van der Waals surface area (Å²) in [5, 5.41) is 2.98. The number of amides is 1. The Balaban J connectivity index is 1.48. The van der Waals surface area contributed by atoms with Gasteiger partial charge in [-0.2, -0.15) is 0 Å². The first-order valence-corrected chi connectivity index (χ1v) is 8.08. The molecule has 1 aliphatic rings. The summed E-state index contributed by atoms with van der Waals surface area (Å²) < 4.78 is 7.18. The monoisotopic (exact) mass is 322 g/mol. The summed E-state index contributed by atoms with van der Waals surface area (Å²) in [7, 11) is 0. The first-order chi connectivity index (χ1) is 11.8. The van der Waals surface area contributed by atoms with Crippen LogP contribution in [-0.4, -0.2) is 33.5 Å². The number of rotatable bonds is 3. The van der Waals surface area contributed by atoms with Crippen LogP contribution in [-0.2, 0) is 9.53 Å². The van der Waals surface area contributed by atoms with Gasteiger partial charge in [0.15, 0.2) is 0 Å². The zero-order valence-electron chi connectivity index (χ0n) is 13.2. The van der Waals surface area contributed by atoms with E-state index in [0.29, 0.717) is 19.0 Å². The molecule has 0 saturated carbocycles. The van der Waals surface area contributed by atoms with Gasteiger partial charge in [-0.3, -0.25) is 9.20 Å². The van der Waals surface area contributed by atoms with E-state index >= 15 is 0 Å². The number of aromatic nitrogens is 3. The van der Waals surface area contributed by atoms with Crippen molar-refractivity contribution < 1.29 is 9.53 Å². The van der Waals surface area contributed by atoms with Crippen LogP contribution >= 0.6 is 0 Å². The van der Waals surface area contributed by atoms with Crippen LogP contribution in [0.2, 0.25) is 0 Å². The molecular formula is C18H18N4O2. The van der Waals surface area contributed by atoms with Crippen LogP contribution < -0.4 is 5.32 Å². The predicted octanol–water partition coefficient (Wildman–Crippen LogP) is 2.76. The van der Waals surface area contributed by atoms with Crippen LogP contribution in [0.4, 0.5) is 5.69 Å². The first kappa shape index (κ1) is 14.8. The lowest BCUT2D eigenvalue weighted by Gasteiger charge is -2.21. The Kier molecular flexibility index (Phi) is 3.96. The molecule has 0 unspecified atom stereocenters. The van der Waals surface area contributed by atoms with E-state index < -0.39 is 0 Å². The van der Waals surface area contributed by atoms with Crippen LogP contribution in [0.3, 0.4) is 0 Å². The fraction of sp³-hybridized carbons (Fsp3) is 0.278. The number of hydrogen-bond donors (Lipinski definition) is 1. The number of nitrogens with zero attached hydrogens (tertiary/aromatic N) is 3. The number of hydrogen-bond acceptors (Lipinski definition) is 4. The summed E-state index contributed by atoms with van der Waals surface area (Å²) in [5.74, 6) is 0.787. The van der Waals surface area contributed by atoms with Gasteiger partial charge >= 0.3 is 0 Å². The molecule has 24 heavy (non-hydrogen) atoms. The molecule has 1 amide bonds. The fourth-order valence-corrected chi connectivity index (χ4v) is 2.90. The molecule has 1 aliphatic heterocycles. The SMILES string of the molecule is O=C(Nc1ccc(-c2cn3cccnc3n2)cc1)C1CCOCC1. The molecule has 2 aromatic heterocycles. The van der Waals surface area contributed by atoms with E-state index in [1.54, 1.807) is 6.20 Å². The van der Waals surface area contributed by atoms with Crippen molar-refractivity contribution >= 4 is 17.4 Å². The molecule has 0 radical (unpaired) electrons. The van der Waals surface area contributed by atoms with Crippen molar-refractivity contribution in [3.05, 3.63) is 48.9 Å². The molecule has 6 nitrogen and oxygen atoms in total. The van der Waals surface area contributed by atoms with Gasteiger partial charge in [0, 0.05) is 49.0 Å². The second-order valence-corrected chi connectivity index (χ2v) is 5.91. The molecule has 0 aliphatic carbocycles. The maximum Gasteiger partial charge on any atom is 0.234 e. The molecule has 3 aromatic rings. The molecule has 6 heteroatoms. The third kappa shape index (κ3) is 3.00. The summed E-state index contributed by atoms with van der Waals surface area (Å²) in [6.45, 7) is 1.33. The van der Waals surface area contributed by atoms with E-state index in [9.17, 15) is 4.79 Å². The lowest BCUT2D eigenvalue weighted by atomic mass is 9.99. The number of nitrogens with one attached hydrogen (secondary N) is 1. The van der Waals surface area contributed by atoms with E-state index in [0.717, 1.165) is 29.8 Å². The Morgan fingerprint density at radius 2 is 2.00 bits per heavy atom. The molecule has 1 N–H and O–H groups in total. The van der Waals surface area contributed by atoms with E-state index in [1.807, 2.05) is 47.1 Å². The topological polar surface area (TPSA) is 68.5 Å². The Bertz CT molecular complexity index is 818. The second kappa shape index (κ2) is 6.41. The third-order valence-electron chi connectivity index (χ3n) is 4.28. The van der Waals surface area contributed by atoms with Crippen LogP contribution in [0, 0.1) is 5.92 Å². The lowest BCUT2D eigenvalue weighted by molar-refractivity contribution is -0.122. The Labute approximate surface area is 139 Å². The summed E-state index contributed by atoms with van der Waals surface area (Å²) in [6.07, 6.45) is 7.16. The van der Waals surface area contributed by atoms with Crippen molar-refractivity contribution in [1.29, 1.82) is 0 Å². The molecule has 122 valence electrons. The van der Waals surface area contributed by atoms with Gasteiger partial charge in [0.2, 0.25) is 11.7 Å². The molecule has 0 spiro atoms. The molecule has 1 aromatic carbocycles. The average molecular weight is 322 g/mol. The van der Waals surface area contributed by atoms with Gasteiger partial charge in [-0.15, -0.1) is 0 Å². The van der Waals surface area contributed by atoms with Crippen LogP contribution in [0.25, 0.3) is 17.0 Å². The van der Waals surface area contributed by atoms with E-state index in [2.05, 4.69) is 15.3 Å². The zero-order chi connectivity index (χ0) is 16.4. The van der Waals surface area contributed by atoms with Crippen LogP contribution in [0.5, 0.6) is 0 Å². The Morgan fingerprint density at radius 1 is 1.21 bits per heavy atom. The van der Waals surface area contributed by atoms with Crippen LogP contribution in [0.1, 0.15) is 12.8 Å². The number of benzene rings is 1. The second-order valence-electron chi connectivity index (χ2n) is 5.91. The molecule has 4 rings (SSSR count). The van der Waals surface area contributed by atoms with E-state index in [4.69, 9.17) is 4.74 Å². The van der Waals surface area contributed by atoms with Crippen molar-refractivity contribution in [2.75, 3.05) is 18.5 Å². The molecule has 0 bridgehead atoms. The van der Waals surface area contributed by atoms with Gasteiger partial charge in [0.05, 0.1) is 5.69 Å². The third-order valence-corrected chi connectivity index (χ3v) is 4.28. The average Bonchev–Trinajstić information content (AvgIpc) is 3.07. The number of carbonyl (C=O) groups excluding carboxylic acids is 1. The number of imidazole rings is 1. The van der Waals surface area contributed by atoms with Crippen molar-refractivity contribution in [3.63, 3.8) is 0 Å². The predicted molar refractivity (Wildman–Crippen MR) is 90.6 cm³/mol. The largest absolute Gasteiger partial charge is 0.381 e. The van der Waals surface area contributed by atoms with Crippen molar-refractivity contribution in [2.45, 2.75) is 12.8 Å². The van der Waals surface area contributed by atoms with E-state index in [-0.39, 0.29) is 11.8 Å². The van der Waals surface area contributed by atoms with Gasteiger partial charge in [-0.25, -0.2) is 9.97 Å². The Morgan fingerprint density at radius 3 is 2.75 bits per heavy atom. The molecular weight excluding hydrogens is 304 g/mol. The zero-order valence-corrected chi connectivity index (χ0v) is 13.2. The minimum absolute atomic E-state index is 0.0444. The number of fused-ring (bicyclic) bond motifs is 1. The molecule has 1 saturated heterocycles. The highest BCUT2D eigenvalue weighted by Gasteiger charge is 2.21. The summed E-state index contributed by atoms with van der Waals surface area (Å²) in [5.41, 5.74) is 2.65. The first-order valence-electron chi connectivity index (χ1n) is 8.08. The standard InChI is InChI=1S/C18H18N4O2/c23-17(14-6-10-24-11-7-14)20-15-4-2-13(3-5-15)16-12-22-9-1-8-19-18(22)21-16/h1-5,8-9,12,14H,6-7,10-11H2,(H,20,23). The highest BCUT2D eigenvalue weighted by molar-refractivity contribution is 5.92. The highest BCUT2D eigenvalue weighted by Crippen LogP contribution is 2.22. The molecule has 1 fully saturated rings. The smallest absolute Gasteiger partial charge is 0.234 e. The van der Waals surface area contributed by atoms with E-state index in [1.165, 1.54) is 0 Å². The van der Waals surface area contributed by atoms with Crippen molar-refractivity contribution in [3.8, 4) is 11.3 Å². The van der Waals surface area contributed by atoms with Gasteiger partial charge in [0.25, 0.3) is 0 Å². The van der Waals surface area contributed by atoms with Crippen LogP contribution in [0.15, 0.2) is 48.9 Å². The number of carbonyl (C=O) groups is 1. The van der Waals surface area contributed by atoms with Gasteiger partial charge in [-0.05, 0) is 31.0 Å². The highest BCUT2D eigenvalue weighted by atomic mass is 16.5. The maximum absolute atomic E-state index is 12.2. The van der Waals surface area contributed by atoms with Crippen molar-refractivity contribution in [2.24, 2.45) is 5.92 Å². The quantitative estimate of drug-likeness (QED) is 0.805. The summed E-state index contributed by atoms with van der Waals surface area (Å²) >= 11 is 0. The Hall–Kier alpha value is -2.73. The van der Waals surface area contributed by atoms with Gasteiger partial charge in [-0.1, -0.05) is 12.1 Å². The van der Waals surface area contributed by atoms with Gasteiger partial charge in [0.1, 0.15) is 0 Å². The summed E-state index contributed by atoms with van der Waals surface area (Å²) in [4.78, 5) is 21.0.